The van der Waals surface area contributed by atoms with Crippen LogP contribution in [0.3, 0.4) is 0 Å². The quantitative estimate of drug-likeness (QED) is 0.763. The molecule has 0 aliphatic rings. The second kappa shape index (κ2) is 6.22. The van der Waals surface area contributed by atoms with E-state index in [1.807, 2.05) is 0 Å². The van der Waals surface area contributed by atoms with Gasteiger partial charge in [-0.25, -0.2) is 8.78 Å². The van der Waals surface area contributed by atoms with Crippen molar-refractivity contribution in [2.45, 2.75) is 4.83 Å². The minimum absolute atomic E-state index is 0.175. The van der Waals surface area contributed by atoms with E-state index in [9.17, 15) is 8.78 Å². The molecule has 0 aliphatic heterocycles. The number of ether oxygens (including phenoxy) is 2. The smallest absolute Gasteiger partial charge is 0.165 e. The molecule has 5 heteroatoms. The number of rotatable bonds is 4. The summed E-state index contributed by atoms with van der Waals surface area (Å²) in [7, 11) is 2.81. The maximum atomic E-state index is 13.7. The van der Waals surface area contributed by atoms with Gasteiger partial charge in [-0.1, -0.05) is 28.1 Å². The SMILES string of the molecule is COc1ccc(C(Br)c2ccc(OC)c(F)c2)cc1F. The summed E-state index contributed by atoms with van der Waals surface area (Å²) in [6.07, 6.45) is 0. The summed E-state index contributed by atoms with van der Waals surface area (Å²) < 4.78 is 37.1. The van der Waals surface area contributed by atoms with Crippen molar-refractivity contribution in [2.75, 3.05) is 14.2 Å². The average molecular weight is 343 g/mol. The van der Waals surface area contributed by atoms with Crippen LogP contribution in [-0.2, 0) is 0 Å². The van der Waals surface area contributed by atoms with Gasteiger partial charge in [-0.05, 0) is 35.4 Å². The number of benzene rings is 2. The molecule has 2 nitrogen and oxygen atoms in total. The van der Waals surface area contributed by atoms with Crippen molar-refractivity contribution < 1.29 is 18.3 Å². The summed E-state index contributed by atoms with van der Waals surface area (Å²) in [4.78, 5) is -0.316. The predicted molar refractivity (Wildman–Crippen MR) is 76.7 cm³/mol. The molecular weight excluding hydrogens is 330 g/mol. The van der Waals surface area contributed by atoms with E-state index in [1.54, 1.807) is 24.3 Å². The first-order chi connectivity index (χ1) is 9.56. The van der Waals surface area contributed by atoms with Crippen LogP contribution in [0.25, 0.3) is 0 Å². The fourth-order valence-corrected chi connectivity index (χ4v) is 2.44. The van der Waals surface area contributed by atoms with Crippen LogP contribution in [0.15, 0.2) is 36.4 Å². The molecule has 0 saturated heterocycles. The second-order valence-electron chi connectivity index (χ2n) is 4.15. The van der Waals surface area contributed by atoms with E-state index in [1.165, 1.54) is 26.4 Å². The van der Waals surface area contributed by atoms with Crippen molar-refractivity contribution >= 4 is 15.9 Å². The topological polar surface area (TPSA) is 18.5 Å². The lowest BCUT2D eigenvalue weighted by Gasteiger charge is -2.13. The van der Waals surface area contributed by atoms with Gasteiger partial charge >= 0.3 is 0 Å². The Labute approximate surface area is 124 Å². The van der Waals surface area contributed by atoms with Gasteiger partial charge in [0.25, 0.3) is 0 Å². The van der Waals surface area contributed by atoms with Gasteiger partial charge in [0.2, 0.25) is 0 Å². The first-order valence-corrected chi connectivity index (χ1v) is 6.79. The highest BCUT2D eigenvalue weighted by Gasteiger charge is 2.15. The molecule has 0 N–H and O–H groups in total. The van der Waals surface area contributed by atoms with Crippen LogP contribution in [0.2, 0.25) is 0 Å². The molecule has 0 saturated carbocycles. The highest BCUT2D eigenvalue weighted by atomic mass is 79.9. The molecule has 0 unspecified atom stereocenters. The number of hydrogen-bond donors (Lipinski definition) is 0. The largest absolute Gasteiger partial charge is 0.494 e. The lowest BCUT2D eigenvalue weighted by molar-refractivity contribution is 0.386. The van der Waals surface area contributed by atoms with Crippen LogP contribution in [0.5, 0.6) is 11.5 Å². The summed E-state index contributed by atoms with van der Waals surface area (Å²) in [5.41, 5.74) is 1.35. The number of methoxy groups -OCH3 is 2. The zero-order valence-corrected chi connectivity index (χ0v) is 12.6. The molecule has 2 aromatic carbocycles. The van der Waals surface area contributed by atoms with Gasteiger partial charge in [-0.3, -0.25) is 0 Å². The molecule has 0 atom stereocenters. The Morgan fingerprint density at radius 3 is 1.55 bits per heavy atom. The fraction of sp³-hybridized carbons (Fsp3) is 0.200. The normalized spacial score (nSPS) is 10.7. The molecule has 0 aromatic heterocycles. The summed E-state index contributed by atoms with van der Waals surface area (Å²) >= 11 is 3.44. The monoisotopic (exact) mass is 342 g/mol. The maximum Gasteiger partial charge on any atom is 0.165 e. The van der Waals surface area contributed by atoms with Crippen LogP contribution in [0.4, 0.5) is 8.78 Å². The van der Waals surface area contributed by atoms with Crippen molar-refractivity contribution in [1.82, 2.24) is 0 Å². The van der Waals surface area contributed by atoms with Crippen LogP contribution in [0, 0.1) is 11.6 Å². The third kappa shape index (κ3) is 2.93. The van der Waals surface area contributed by atoms with E-state index in [-0.39, 0.29) is 16.3 Å². The number of halogens is 3. The van der Waals surface area contributed by atoms with Crippen LogP contribution in [-0.4, -0.2) is 14.2 Å². The highest BCUT2D eigenvalue weighted by molar-refractivity contribution is 9.09. The van der Waals surface area contributed by atoms with E-state index in [2.05, 4.69) is 15.9 Å². The minimum Gasteiger partial charge on any atom is -0.494 e. The summed E-state index contributed by atoms with van der Waals surface area (Å²) in [6, 6.07) is 9.26. The van der Waals surface area contributed by atoms with Crippen molar-refractivity contribution in [2.24, 2.45) is 0 Å². The molecule has 106 valence electrons. The van der Waals surface area contributed by atoms with Crippen LogP contribution >= 0.6 is 15.9 Å². The first kappa shape index (κ1) is 14.8. The van der Waals surface area contributed by atoms with Crippen LogP contribution < -0.4 is 9.47 Å². The van der Waals surface area contributed by atoms with Crippen molar-refractivity contribution in [1.29, 1.82) is 0 Å². The number of hydrogen-bond acceptors (Lipinski definition) is 2. The summed E-state index contributed by atoms with van der Waals surface area (Å²) in [5.74, 6) is -0.560. The van der Waals surface area contributed by atoms with E-state index < -0.39 is 11.6 Å². The van der Waals surface area contributed by atoms with E-state index >= 15 is 0 Å². The highest BCUT2D eigenvalue weighted by Crippen LogP contribution is 2.34. The Morgan fingerprint density at radius 1 is 0.850 bits per heavy atom. The van der Waals surface area contributed by atoms with E-state index in [0.717, 1.165) is 0 Å². The Kier molecular flexibility index (Phi) is 4.60. The molecule has 2 aromatic rings. The van der Waals surface area contributed by atoms with Gasteiger partial charge in [-0.15, -0.1) is 0 Å². The molecule has 20 heavy (non-hydrogen) atoms. The molecule has 0 fully saturated rings. The lowest BCUT2D eigenvalue weighted by Crippen LogP contribution is -1.97. The standard InChI is InChI=1S/C15H13BrF2O2/c1-19-13-5-3-9(7-11(13)17)15(16)10-4-6-14(20-2)12(18)8-10/h3-8,15H,1-2H3. The molecule has 0 bridgehead atoms. The molecule has 0 amide bonds. The molecule has 0 radical (unpaired) electrons. The third-order valence-corrected chi connectivity index (χ3v) is 3.99. The van der Waals surface area contributed by atoms with Crippen molar-refractivity contribution in [3.63, 3.8) is 0 Å². The third-order valence-electron chi connectivity index (χ3n) is 2.94. The fourth-order valence-electron chi connectivity index (χ4n) is 1.87. The minimum atomic E-state index is -0.455. The zero-order chi connectivity index (χ0) is 14.7. The Balaban J connectivity index is 2.33. The Bertz CT molecular complexity index is 563. The number of alkyl halides is 1. The molecule has 0 spiro atoms. The van der Waals surface area contributed by atoms with Gasteiger partial charge in [-0.2, -0.15) is 0 Å². The van der Waals surface area contributed by atoms with Gasteiger partial charge in [0.05, 0.1) is 19.0 Å². The summed E-state index contributed by atoms with van der Waals surface area (Å²) in [5, 5.41) is 0. The van der Waals surface area contributed by atoms with Gasteiger partial charge in [0.1, 0.15) is 0 Å². The average Bonchev–Trinajstić information content (AvgIpc) is 2.46. The van der Waals surface area contributed by atoms with Crippen molar-refractivity contribution in [3.05, 3.63) is 59.2 Å². The van der Waals surface area contributed by atoms with E-state index in [4.69, 9.17) is 9.47 Å². The van der Waals surface area contributed by atoms with Gasteiger partial charge in [0.15, 0.2) is 23.1 Å². The Hall–Kier alpha value is -1.62. The molecule has 2 rings (SSSR count). The molecule has 0 aliphatic carbocycles. The van der Waals surface area contributed by atoms with Crippen LogP contribution in [0.1, 0.15) is 16.0 Å². The second-order valence-corrected chi connectivity index (χ2v) is 5.07. The van der Waals surface area contributed by atoms with Crippen molar-refractivity contribution in [3.8, 4) is 11.5 Å². The van der Waals surface area contributed by atoms with Gasteiger partial charge < -0.3 is 9.47 Å². The molecular formula is C15H13BrF2O2. The lowest BCUT2D eigenvalue weighted by atomic mass is 10.0. The summed E-state index contributed by atoms with van der Waals surface area (Å²) in [6.45, 7) is 0. The zero-order valence-electron chi connectivity index (χ0n) is 11.0. The van der Waals surface area contributed by atoms with E-state index in [0.29, 0.717) is 11.1 Å². The molecule has 0 heterocycles. The maximum absolute atomic E-state index is 13.7. The Morgan fingerprint density at radius 2 is 1.25 bits per heavy atom. The predicted octanol–water partition coefficient (Wildman–Crippen LogP) is 4.47. The van der Waals surface area contributed by atoms with Gasteiger partial charge in [0, 0.05) is 0 Å². The first-order valence-electron chi connectivity index (χ1n) is 5.87.